The summed E-state index contributed by atoms with van der Waals surface area (Å²) in [6.45, 7) is 6.14. The summed E-state index contributed by atoms with van der Waals surface area (Å²) in [6.07, 6.45) is 0.745. The van der Waals surface area contributed by atoms with E-state index in [4.69, 9.17) is 0 Å². The minimum atomic E-state index is -2.42. The van der Waals surface area contributed by atoms with Crippen LogP contribution >= 0.6 is 0 Å². The summed E-state index contributed by atoms with van der Waals surface area (Å²) in [7, 11) is 1.62. The van der Waals surface area contributed by atoms with Gasteiger partial charge >= 0.3 is 5.97 Å². The number of alkyl halides is 2. The maximum Gasteiger partial charge on any atom is 0.308 e. The lowest BCUT2D eigenvalue weighted by atomic mass is 9.65. The second kappa shape index (κ2) is 6.83. The standard InChI is InChI=1S/C15H27F2NO2/c1-5-15(2,3)10-6-7-11(14(19)20)12(8-10)18(4)9-13(16)17/h10-13H,5-9H2,1-4H3,(H,19,20). The molecule has 3 atom stereocenters. The lowest BCUT2D eigenvalue weighted by molar-refractivity contribution is -0.147. The average Bonchev–Trinajstić information content (AvgIpc) is 2.37. The molecular weight excluding hydrogens is 264 g/mol. The van der Waals surface area contributed by atoms with Crippen LogP contribution in [0.15, 0.2) is 0 Å². The molecule has 5 heteroatoms. The Labute approximate surface area is 120 Å². The van der Waals surface area contributed by atoms with E-state index in [1.54, 1.807) is 11.9 Å². The number of carbonyl (C=O) groups is 1. The molecule has 0 bridgehead atoms. The molecule has 0 aliphatic heterocycles. The van der Waals surface area contributed by atoms with Gasteiger partial charge in [-0.05, 0) is 37.6 Å². The fraction of sp³-hybridized carbons (Fsp3) is 0.933. The van der Waals surface area contributed by atoms with Crippen LogP contribution in [0.25, 0.3) is 0 Å². The third-order valence-electron chi connectivity index (χ3n) is 5.14. The molecule has 3 nitrogen and oxygen atoms in total. The van der Waals surface area contributed by atoms with Crippen LogP contribution in [0.5, 0.6) is 0 Å². The highest BCUT2D eigenvalue weighted by Crippen LogP contribution is 2.43. The Morgan fingerprint density at radius 1 is 1.40 bits per heavy atom. The number of nitrogens with zero attached hydrogens (tertiary/aromatic N) is 1. The van der Waals surface area contributed by atoms with Gasteiger partial charge in [0.15, 0.2) is 0 Å². The van der Waals surface area contributed by atoms with Gasteiger partial charge in [0.05, 0.1) is 12.5 Å². The second-order valence-corrected chi connectivity index (χ2v) is 6.69. The van der Waals surface area contributed by atoms with Crippen molar-refractivity contribution in [2.75, 3.05) is 13.6 Å². The van der Waals surface area contributed by atoms with E-state index in [2.05, 4.69) is 20.8 Å². The number of carboxylic acids is 1. The fourth-order valence-electron chi connectivity index (χ4n) is 3.27. The predicted octanol–water partition coefficient (Wildman–Crippen LogP) is 3.49. The lowest BCUT2D eigenvalue weighted by Gasteiger charge is -2.44. The maximum atomic E-state index is 12.6. The number of hydrogen-bond donors (Lipinski definition) is 1. The van der Waals surface area contributed by atoms with Crippen LogP contribution in [0.3, 0.4) is 0 Å². The van der Waals surface area contributed by atoms with Crippen molar-refractivity contribution in [3.63, 3.8) is 0 Å². The van der Waals surface area contributed by atoms with Crippen LogP contribution in [0, 0.1) is 17.3 Å². The van der Waals surface area contributed by atoms with E-state index >= 15 is 0 Å². The molecule has 1 fully saturated rings. The van der Waals surface area contributed by atoms with Crippen LogP contribution < -0.4 is 0 Å². The molecule has 1 aliphatic carbocycles. The van der Waals surface area contributed by atoms with Crippen LogP contribution in [-0.2, 0) is 4.79 Å². The van der Waals surface area contributed by atoms with Crippen LogP contribution in [-0.4, -0.2) is 42.0 Å². The third kappa shape index (κ3) is 4.14. The Balaban J connectivity index is 2.84. The normalized spacial score (nSPS) is 28.1. The zero-order valence-corrected chi connectivity index (χ0v) is 12.9. The summed E-state index contributed by atoms with van der Waals surface area (Å²) in [5.74, 6) is -0.986. The molecule has 20 heavy (non-hydrogen) atoms. The highest BCUT2D eigenvalue weighted by Gasteiger charge is 2.41. The molecule has 0 amide bonds. The first-order valence-corrected chi connectivity index (χ1v) is 7.40. The van der Waals surface area contributed by atoms with E-state index in [9.17, 15) is 18.7 Å². The molecule has 0 aromatic carbocycles. The van der Waals surface area contributed by atoms with E-state index in [-0.39, 0.29) is 18.0 Å². The van der Waals surface area contributed by atoms with Crippen molar-refractivity contribution in [2.24, 2.45) is 17.3 Å². The van der Waals surface area contributed by atoms with E-state index < -0.39 is 18.3 Å². The first-order valence-electron chi connectivity index (χ1n) is 7.40. The highest BCUT2D eigenvalue weighted by atomic mass is 19.3. The van der Waals surface area contributed by atoms with Gasteiger partial charge in [-0.1, -0.05) is 27.2 Å². The fourth-order valence-corrected chi connectivity index (χ4v) is 3.27. The molecule has 0 spiro atoms. The monoisotopic (exact) mass is 291 g/mol. The SMILES string of the molecule is CCC(C)(C)C1CCC(C(=O)O)C(N(C)CC(F)F)C1. The van der Waals surface area contributed by atoms with E-state index in [1.807, 2.05) is 0 Å². The molecular formula is C15H27F2NO2. The lowest BCUT2D eigenvalue weighted by Crippen LogP contribution is -2.48. The molecule has 1 aliphatic rings. The predicted molar refractivity (Wildman–Crippen MR) is 75.0 cm³/mol. The first-order chi connectivity index (χ1) is 9.19. The van der Waals surface area contributed by atoms with Gasteiger partial charge in [0.2, 0.25) is 0 Å². The topological polar surface area (TPSA) is 40.5 Å². The molecule has 118 valence electrons. The summed E-state index contributed by atoms with van der Waals surface area (Å²) < 4.78 is 25.2. The number of hydrogen-bond acceptors (Lipinski definition) is 2. The molecule has 1 N–H and O–H groups in total. The molecule has 1 rings (SSSR count). The number of rotatable bonds is 6. The summed E-state index contributed by atoms with van der Waals surface area (Å²) in [6, 6.07) is -0.286. The minimum absolute atomic E-state index is 0.132. The highest BCUT2D eigenvalue weighted by molar-refractivity contribution is 5.71. The maximum absolute atomic E-state index is 12.6. The van der Waals surface area contributed by atoms with Crippen LogP contribution in [0.1, 0.15) is 46.5 Å². The molecule has 0 radical (unpaired) electrons. The van der Waals surface area contributed by atoms with Gasteiger partial charge in [0.25, 0.3) is 6.43 Å². The van der Waals surface area contributed by atoms with Gasteiger partial charge in [-0.2, -0.15) is 0 Å². The van der Waals surface area contributed by atoms with Gasteiger partial charge in [0, 0.05) is 6.04 Å². The van der Waals surface area contributed by atoms with Crippen molar-refractivity contribution in [3.05, 3.63) is 0 Å². The molecule has 0 aromatic heterocycles. The van der Waals surface area contributed by atoms with Gasteiger partial charge < -0.3 is 5.11 Å². The van der Waals surface area contributed by atoms with Crippen molar-refractivity contribution < 1.29 is 18.7 Å². The molecule has 0 aromatic rings. The molecule has 0 saturated heterocycles. The van der Waals surface area contributed by atoms with Crippen molar-refractivity contribution in [2.45, 2.75) is 58.9 Å². The third-order valence-corrected chi connectivity index (χ3v) is 5.14. The zero-order chi connectivity index (χ0) is 15.5. The smallest absolute Gasteiger partial charge is 0.308 e. The van der Waals surface area contributed by atoms with E-state index in [1.165, 1.54) is 0 Å². The van der Waals surface area contributed by atoms with Crippen molar-refractivity contribution in [1.82, 2.24) is 4.90 Å². The Morgan fingerprint density at radius 3 is 2.45 bits per heavy atom. The van der Waals surface area contributed by atoms with Crippen molar-refractivity contribution in [1.29, 1.82) is 0 Å². The van der Waals surface area contributed by atoms with Crippen LogP contribution in [0.4, 0.5) is 8.78 Å². The Hall–Kier alpha value is -0.710. The minimum Gasteiger partial charge on any atom is -0.481 e. The van der Waals surface area contributed by atoms with E-state index in [0.717, 1.165) is 12.8 Å². The summed E-state index contributed by atoms with van der Waals surface area (Å²) in [4.78, 5) is 12.9. The first kappa shape index (κ1) is 17.3. The quantitative estimate of drug-likeness (QED) is 0.814. The summed E-state index contributed by atoms with van der Waals surface area (Å²) in [5, 5.41) is 9.32. The Kier molecular flexibility index (Phi) is 5.92. The van der Waals surface area contributed by atoms with Crippen molar-refractivity contribution in [3.8, 4) is 0 Å². The van der Waals surface area contributed by atoms with Gasteiger partial charge in [-0.3, -0.25) is 9.69 Å². The Bertz CT molecular complexity index is 334. The number of halogens is 2. The summed E-state index contributed by atoms with van der Waals surface area (Å²) in [5.41, 5.74) is 0.132. The van der Waals surface area contributed by atoms with Crippen molar-refractivity contribution >= 4 is 5.97 Å². The van der Waals surface area contributed by atoms with Gasteiger partial charge in [-0.25, -0.2) is 8.78 Å². The zero-order valence-electron chi connectivity index (χ0n) is 12.9. The Morgan fingerprint density at radius 2 is 2.00 bits per heavy atom. The average molecular weight is 291 g/mol. The molecule has 1 saturated carbocycles. The largest absolute Gasteiger partial charge is 0.481 e. The second-order valence-electron chi connectivity index (χ2n) is 6.69. The van der Waals surface area contributed by atoms with Crippen LogP contribution in [0.2, 0.25) is 0 Å². The number of carboxylic acid groups (broad SMARTS) is 1. The molecule has 0 heterocycles. The summed E-state index contributed by atoms with van der Waals surface area (Å²) >= 11 is 0. The van der Waals surface area contributed by atoms with Gasteiger partial charge in [-0.15, -0.1) is 0 Å². The number of aliphatic carboxylic acids is 1. The molecule has 3 unspecified atom stereocenters. The van der Waals surface area contributed by atoms with Gasteiger partial charge in [0.1, 0.15) is 0 Å². The van der Waals surface area contributed by atoms with E-state index in [0.29, 0.717) is 18.8 Å².